The molecule has 0 unspecified atom stereocenters. The minimum atomic E-state index is -4.49. The number of aromatic nitrogens is 1. The van der Waals surface area contributed by atoms with Crippen LogP contribution in [0.2, 0.25) is 5.02 Å². The molecule has 3 rings (SSSR count). The zero-order chi connectivity index (χ0) is 22.6. The van der Waals surface area contributed by atoms with Gasteiger partial charge in [-0.2, -0.15) is 13.2 Å². The molecule has 1 aromatic heterocycles. The van der Waals surface area contributed by atoms with E-state index in [0.717, 1.165) is 12.1 Å². The van der Waals surface area contributed by atoms with Gasteiger partial charge in [0.2, 0.25) is 0 Å². The van der Waals surface area contributed by atoms with E-state index in [0.29, 0.717) is 21.8 Å². The Kier molecular flexibility index (Phi) is 6.75. The first-order chi connectivity index (χ1) is 14.6. The lowest BCUT2D eigenvalue weighted by Crippen LogP contribution is -2.14. The van der Waals surface area contributed by atoms with Gasteiger partial charge in [0, 0.05) is 26.1 Å². The molecule has 0 amide bonds. The van der Waals surface area contributed by atoms with Crippen LogP contribution in [-0.2, 0) is 17.4 Å². The normalized spacial score (nSPS) is 11.7. The molecule has 0 N–H and O–H groups in total. The Balaban J connectivity index is 1.86. The molecule has 3 aromatic rings. The lowest BCUT2D eigenvalue weighted by atomic mass is 10.0. The summed E-state index contributed by atoms with van der Waals surface area (Å²) in [6.45, 7) is 0. The van der Waals surface area contributed by atoms with Crippen molar-refractivity contribution in [3.63, 3.8) is 0 Å². The van der Waals surface area contributed by atoms with Crippen molar-refractivity contribution < 1.29 is 18.0 Å². The van der Waals surface area contributed by atoms with E-state index in [4.69, 9.17) is 11.6 Å². The summed E-state index contributed by atoms with van der Waals surface area (Å²) in [5, 5.41) is 0.431. The predicted octanol–water partition coefficient (Wildman–Crippen LogP) is 6.00. The minimum absolute atomic E-state index is 0.0429. The highest BCUT2D eigenvalue weighted by Crippen LogP contribution is 2.34. The van der Waals surface area contributed by atoms with Crippen LogP contribution >= 0.6 is 11.6 Å². The highest BCUT2D eigenvalue weighted by molar-refractivity contribution is 6.34. The van der Waals surface area contributed by atoms with E-state index in [-0.39, 0.29) is 23.7 Å². The average Bonchev–Trinajstić information content (AvgIpc) is 2.72. The Morgan fingerprint density at radius 1 is 1.10 bits per heavy atom. The summed E-state index contributed by atoms with van der Waals surface area (Å²) in [6.07, 6.45) is -3.26. The maximum Gasteiger partial charge on any atom is 0.416 e. The molecule has 0 aliphatic carbocycles. The third-order valence-corrected chi connectivity index (χ3v) is 4.72. The van der Waals surface area contributed by atoms with Crippen LogP contribution in [-0.4, -0.2) is 31.1 Å². The average molecular weight is 446 g/mol. The summed E-state index contributed by atoms with van der Waals surface area (Å²) in [7, 11) is 3.25. The SMILES string of the molecule is CN(C)c1cc(C(F)(F)F)cc(-c2cccc(CC(=O)C=Nc3ccccc3Cl)c2)n1. The molecule has 0 aliphatic rings. The van der Waals surface area contributed by atoms with E-state index in [1.807, 2.05) is 0 Å². The summed E-state index contributed by atoms with van der Waals surface area (Å²) in [6, 6.07) is 15.6. The van der Waals surface area contributed by atoms with Crippen molar-refractivity contribution in [1.29, 1.82) is 0 Å². The van der Waals surface area contributed by atoms with Crippen LogP contribution in [0.25, 0.3) is 11.3 Å². The second kappa shape index (κ2) is 9.31. The molecular weight excluding hydrogens is 427 g/mol. The first kappa shape index (κ1) is 22.5. The Bertz CT molecular complexity index is 1130. The van der Waals surface area contributed by atoms with Crippen molar-refractivity contribution >= 4 is 35.1 Å². The number of ketones is 1. The Labute approximate surface area is 183 Å². The fourth-order valence-corrected chi connectivity index (χ4v) is 3.03. The van der Waals surface area contributed by atoms with Crippen molar-refractivity contribution in [3.05, 3.63) is 76.8 Å². The number of para-hydroxylation sites is 1. The van der Waals surface area contributed by atoms with Gasteiger partial charge in [0.25, 0.3) is 0 Å². The monoisotopic (exact) mass is 445 g/mol. The summed E-state index contributed by atoms with van der Waals surface area (Å²) in [4.78, 5) is 22.2. The third kappa shape index (κ3) is 5.92. The number of rotatable bonds is 6. The number of hydrogen-bond donors (Lipinski definition) is 0. The lowest BCUT2D eigenvalue weighted by molar-refractivity contribution is -0.137. The van der Waals surface area contributed by atoms with Gasteiger partial charge < -0.3 is 4.90 Å². The van der Waals surface area contributed by atoms with E-state index in [2.05, 4.69) is 9.98 Å². The number of benzene rings is 2. The molecule has 31 heavy (non-hydrogen) atoms. The number of hydrogen-bond acceptors (Lipinski definition) is 4. The van der Waals surface area contributed by atoms with Crippen molar-refractivity contribution in [2.24, 2.45) is 4.99 Å². The van der Waals surface area contributed by atoms with Crippen molar-refractivity contribution in [1.82, 2.24) is 4.98 Å². The highest BCUT2D eigenvalue weighted by Gasteiger charge is 2.32. The van der Waals surface area contributed by atoms with Crippen LogP contribution in [0.1, 0.15) is 11.1 Å². The van der Waals surface area contributed by atoms with Crippen LogP contribution in [0.3, 0.4) is 0 Å². The smallest absolute Gasteiger partial charge is 0.363 e. The van der Waals surface area contributed by atoms with Gasteiger partial charge in [-0.3, -0.25) is 9.79 Å². The zero-order valence-electron chi connectivity index (χ0n) is 16.8. The molecule has 0 fully saturated rings. The van der Waals surface area contributed by atoms with E-state index in [1.54, 1.807) is 62.6 Å². The number of alkyl halides is 3. The molecule has 160 valence electrons. The van der Waals surface area contributed by atoms with Gasteiger partial charge in [-0.25, -0.2) is 4.98 Å². The molecule has 8 heteroatoms. The van der Waals surface area contributed by atoms with Gasteiger partial charge in [-0.15, -0.1) is 0 Å². The molecule has 0 saturated carbocycles. The number of carbonyl (C=O) groups is 1. The highest BCUT2D eigenvalue weighted by atomic mass is 35.5. The number of carbonyl (C=O) groups excluding carboxylic acids is 1. The Morgan fingerprint density at radius 3 is 2.52 bits per heavy atom. The van der Waals surface area contributed by atoms with E-state index in [1.165, 1.54) is 11.1 Å². The number of halogens is 4. The first-order valence-corrected chi connectivity index (χ1v) is 9.68. The van der Waals surface area contributed by atoms with Crippen LogP contribution in [0, 0.1) is 0 Å². The second-order valence-electron chi connectivity index (χ2n) is 7.04. The molecule has 0 radical (unpaired) electrons. The summed E-state index contributed by atoms with van der Waals surface area (Å²) in [5.74, 6) is -0.0683. The summed E-state index contributed by atoms with van der Waals surface area (Å²) >= 11 is 6.02. The van der Waals surface area contributed by atoms with E-state index in [9.17, 15) is 18.0 Å². The van der Waals surface area contributed by atoms with Gasteiger partial charge in [-0.1, -0.05) is 41.9 Å². The molecule has 0 spiro atoms. The minimum Gasteiger partial charge on any atom is -0.363 e. The number of nitrogens with zero attached hydrogens (tertiary/aromatic N) is 3. The standard InChI is InChI=1S/C23H19ClF3N3O/c1-30(2)22-13-17(23(25,26)27)12-21(29-22)16-7-5-6-15(10-16)11-18(31)14-28-20-9-4-3-8-19(20)24/h3-10,12-14H,11H2,1-2H3. The maximum absolute atomic E-state index is 13.3. The van der Waals surface area contributed by atoms with Gasteiger partial charge in [0.1, 0.15) is 5.82 Å². The Hall–Kier alpha value is -3.19. The molecule has 1 heterocycles. The van der Waals surface area contributed by atoms with Crippen LogP contribution < -0.4 is 4.90 Å². The molecule has 0 atom stereocenters. The summed E-state index contributed by atoms with van der Waals surface area (Å²) in [5.41, 5.74) is 1.00. The second-order valence-corrected chi connectivity index (χ2v) is 7.45. The van der Waals surface area contributed by atoms with E-state index < -0.39 is 11.7 Å². The summed E-state index contributed by atoms with van der Waals surface area (Å²) < 4.78 is 39.9. The molecule has 2 aromatic carbocycles. The first-order valence-electron chi connectivity index (χ1n) is 9.31. The fraction of sp³-hybridized carbons (Fsp3) is 0.174. The topological polar surface area (TPSA) is 45.6 Å². The third-order valence-electron chi connectivity index (χ3n) is 4.40. The van der Waals surface area contributed by atoms with Crippen molar-refractivity contribution in [2.45, 2.75) is 12.6 Å². The molecule has 0 saturated heterocycles. The lowest BCUT2D eigenvalue weighted by Gasteiger charge is -2.16. The van der Waals surface area contributed by atoms with Crippen molar-refractivity contribution in [2.75, 3.05) is 19.0 Å². The Morgan fingerprint density at radius 2 is 1.84 bits per heavy atom. The zero-order valence-corrected chi connectivity index (χ0v) is 17.6. The van der Waals surface area contributed by atoms with Crippen LogP contribution in [0.5, 0.6) is 0 Å². The molecule has 0 aliphatic heterocycles. The fourth-order valence-electron chi connectivity index (χ4n) is 2.84. The van der Waals surface area contributed by atoms with Crippen LogP contribution in [0.15, 0.2) is 65.7 Å². The number of anilines is 1. The van der Waals surface area contributed by atoms with Gasteiger partial charge >= 0.3 is 6.18 Å². The largest absolute Gasteiger partial charge is 0.416 e. The number of pyridine rings is 1. The molecular formula is C23H19ClF3N3O. The maximum atomic E-state index is 13.3. The predicted molar refractivity (Wildman–Crippen MR) is 117 cm³/mol. The quantitative estimate of drug-likeness (QED) is 0.437. The van der Waals surface area contributed by atoms with E-state index >= 15 is 0 Å². The van der Waals surface area contributed by atoms with Crippen LogP contribution in [0.4, 0.5) is 24.7 Å². The van der Waals surface area contributed by atoms with Crippen molar-refractivity contribution in [3.8, 4) is 11.3 Å². The molecule has 0 bridgehead atoms. The van der Waals surface area contributed by atoms with Gasteiger partial charge in [0.15, 0.2) is 5.78 Å². The molecule has 4 nitrogen and oxygen atoms in total. The van der Waals surface area contributed by atoms with Gasteiger partial charge in [-0.05, 0) is 35.9 Å². The van der Waals surface area contributed by atoms with Gasteiger partial charge in [0.05, 0.1) is 28.2 Å². The number of Topliss-reactive ketones (excluding diaryl/α,β-unsaturated/α-hetero) is 1. The number of aliphatic imine (C=N–C) groups is 1.